The fraction of sp³-hybridized carbons (Fsp3) is 0.360. The first-order chi connectivity index (χ1) is 16.3. The van der Waals surface area contributed by atoms with Gasteiger partial charge in [0.05, 0.1) is 23.6 Å². The summed E-state index contributed by atoms with van der Waals surface area (Å²) in [7, 11) is -3.92. The first kappa shape index (κ1) is 24.1. The quantitative estimate of drug-likeness (QED) is 0.521. The molecule has 4 rings (SSSR count). The van der Waals surface area contributed by atoms with Gasteiger partial charge < -0.3 is 15.7 Å². The van der Waals surface area contributed by atoms with Gasteiger partial charge in [0, 0.05) is 18.2 Å². The lowest BCUT2D eigenvalue weighted by Gasteiger charge is -2.26. The van der Waals surface area contributed by atoms with Crippen molar-refractivity contribution in [1.29, 1.82) is 0 Å². The second-order valence-electron chi connectivity index (χ2n) is 8.70. The minimum Gasteiger partial charge on any atom is -0.395 e. The molecule has 2 aromatic rings. The van der Waals surface area contributed by atoms with E-state index in [1.54, 1.807) is 0 Å². The van der Waals surface area contributed by atoms with E-state index in [1.165, 1.54) is 34.1 Å². The standard InChI is InChI=1S/C25H29N3O5S/c1-2-24(30)26-19-14-20(16-29)28(15-19)34(32,33)21-12-10-18(11-13-21)25(31)27-23-9-5-7-17-6-3-4-8-22(17)23/h2-4,6,8,10-13,19-20,23,29H,1,5,7,9,14-16H2,(H,26,30)(H,27,31). The van der Waals surface area contributed by atoms with Crippen LogP contribution in [0.25, 0.3) is 0 Å². The van der Waals surface area contributed by atoms with Gasteiger partial charge in [-0.15, -0.1) is 0 Å². The fourth-order valence-electron chi connectivity index (χ4n) is 4.77. The third-order valence-corrected chi connectivity index (χ3v) is 8.44. The van der Waals surface area contributed by atoms with E-state index in [0.29, 0.717) is 12.0 Å². The zero-order valence-electron chi connectivity index (χ0n) is 18.8. The smallest absolute Gasteiger partial charge is 0.251 e. The number of nitrogens with zero attached hydrogens (tertiary/aromatic N) is 1. The van der Waals surface area contributed by atoms with Crippen molar-refractivity contribution in [2.45, 2.75) is 48.7 Å². The maximum atomic E-state index is 13.2. The van der Waals surface area contributed by atoms with Gasteiger partial charge in [-0.2, -0.15) is 4.31 Å². The summed E-state index contributed by atoms with van der Waals surface area (Å²) in [5.41, 5.74) is 2.74. The number of hydrogen-bond acceptors (Lipinski definition) is 5. The Balaban J connectivity index is 1.47. The lowest BCUT2D eigenvalue weighted by atomic mass is 9.87. The second kappa shape index (κ2) is 10.1. The largest absolute Gasteiger partial charge is 0.395 e. The Morgan fingerprint density at radius 2 is 1.85 bits per heavy atom. The normalized spacial score (nSPS) is 22.6. The van der Waals surface area contributed by atoms with E-state index in [0.717, 1.165) is 30.9 Å². The van der Waals surface area contributed by atoms with Crippen molar-refractivity contribution in [3.8, 4) is 0 Å². The van der Waals surface area contributed by atoms with Crippen LogP contribution in [0.3, 0.4) is 0 Å². The molecular weight excluding hydrogens is 454 g/mol. The molecule has 1 saturated heterocycles. The Kier molecular flexibility index (Phi) is 7.16. The van der Waals surface area contributed by atoms with Crippen molar-refractivity contribution in [3.05, 3.63) is 77.9 Å². The van der Waals surface area contributed by atoms with Crippen LogP contribution in [-0.4, -0.2) is 54.9 Å². The molecule has 2 aromatic carbocycles. The van der Waals surface area contributed by atoms with Crippen molar-refractivity contribution in [3.63, 3.8) is 0 Å². The first-order valence-electron chi connectivity index (χ1n) is 11.4. The molecule has 0 spiro atoms. The number of nitrogens with one attached hydrogen (secondary N) is 2. The van der Waals surface area contributed by atoms with Crippen LogP contribution in [0.15, 0.2) is 66.1 Å². The predicted octanol–water partition coefficient (Wildman–Crippen LogP) is 1.92. The summed E-state index contributed by atoms with van der Waals surface area (Å²) in [6, 6.07) is 12.8. The summed E-state index contributed by atoms with van der Waals surface area (Å²) in [6.07, 6.45) is 4.28. The van der Waals surface area contributed by atoms with Crippen molar-refractivity contribution < 1.29 is 23.1 Å². The highest BCUT2D eigenvalue weighted by molar-refractivity contribution is 7.89. The van der Waals surface area contributed by atoms with E-state index in [9.17, 15) is 23.1 Å². The third-order valence-electron chi connectivity index (χ3n) is 6.50. The van der Waals surface area contributed by atoms with Gasteiger partial charge in [0.2, 0.25) is 15.9 Å². The van der Waals surface area contributed by atoms with Crippen LogP contribution in [-0.2, 0) is 21.2 Å². The topological polar surface area (TPSA) is 116 Å². The molecule has 9 heteroatoms. The molecule has 1 fully saturated rings. The molecule has 34 heavy (non-hydrogen) atoms. The van der Waals surface area contributed by atoms with E-state index >= 15 is 0 Å². The maximum Gasteiger partial charge on any atom is 0.251 e. The maximum absolute atomic E-state index is 13.2. The van der Waals surface area contributed by atoms with Gasteiger partial charge in [-0.05, 0) is 67.2 Å². The number of carbonyl (C=O) groups is 2. The SMILES string of the molecule is C=CC(=O)NC1CC(CO)N(S(=O)(=O)c2ccc(C(=O)NC3CCCc4ccccc43)cc2)C1. The summed E-state index contributed by atoms with van der Waals surface area (Å²) in [6.45, 7) is 3.10. The van der Waals surface area contributed by atoms with Gasteiger partial charge in [-0.3, -0.25) is 9.59 Å². The monoisotopic (exact) mass is 483 g/mol. The Bertz CT molecular complexity index is 1180. The average Bonchev–Trinajstić information content (AvgIpc) is 3.28. The highest BCUT2D eigenvalue weighted by Gasteiger charge is 2.40. The minimum absolute atomic E-state index is 0.0289. The highest BCUT2D eigenvalue weighted by Crippen LogP contribution is 2.30. The van der Waals surface area contributed by atoms with E-state index in [1.807, 2.05) is 18.2 Å². The molecule has 0 aromatic heterocycles. The molecule has 0 saturated carbocycles. The number of aliphatic hydroxyl groups excluding tert-OH is 1. The summed E-state index contributed by atoms with van der Waals surface area (Å²) in [5.74, 6) is -0.649. The molecule has 1 aliphatic heterocycles. The van der Waals surface area contributed by atoms with Crippen molar-refractivity contribution in [1.82, 2.24) is 14.9 Å². The number of sulfonamides is 1. The number of aryl methyl sites for hydroxylation is 1. The Morgan fingerprint density at radius 1 is 1.12 bits per heavy atom. The summed E-state index contributed by atoms with van der Waals surface area (Å²) in [5, 5.41) is 15.5. The van der Waals surface area contributed by atoms with E-state index in [4.69, 9.17) is 0 Å². The third kappa shape index (κ3) is 4.91. The summed E-state index contributed by atoms with van der Waals surface area (Å²) in [4.78, 5) is 24.5. The van der Waals surface area contributed by atoms with Crippen LogP contribution >= 0.6 is 0 Å². The molecular formula is C25H29N3O5S. The minimum atomic E-state index is -3.92. The van der Waals surface area contributed by atoms with Gasteiger partial charge in [0.1, 0.15) is 0 Å². The van der Waals surface area contributed by atoms with Gasteiger partial charge in [0.25, 0.3) is 5.91 Å². The van der Waals surface area contributed by atoms with E-state index in [2.05, 4.69) is 23.3 Å². The van der Waals surface area contributed by atoms with Crippen LogP contribution in [0.4, 0.5) is 0 Å². The number of amides is 2. The predicted molar refractivity (Wildman–Crippen MR) is 128 cm³/mol. The molecule has 180 valence electrons. The molecule has 3 unspecified atom stereocenters. The molecule has 2 aliphatic rings. The van der Waals surface area contributed by atoms with Gasteiger partial charge in [0.15, 0.2) is 0 Å². The molecule has 3 N–H and O–H groups in total. The van der Waals surface area contributed by atoms with E-state index in [-0.39, 0.29) is 30.0 Å². The van der Waals surface area contributed by atoms with Gasteiger partial charge in [-0.1, -0.05) is 30.8 Å². The van der Waals surface area contributed by atoms with Crippen LogP contribution in [0.5, 0.6) is 0 Å². The molecule has 3 atom stereocenters. The zero-order valence-corrected chi connectivity index (χ0v) is 19.6. The average molecular weight is 484 g/mol. The Hall–Kier alpha value is -3.01. The second-order valence-corrected chi connectivity index (χ2v) is 10.6. The molecule has 1 heterocycles. The number of rotatable bonds is 7. The summed E-state index contributed by atoms with van der Waals surface area (Å²) >= 11 is 0. The first-order valence-corrected chi connectivity index (χ1v) is 12.8. The van der Waals surface area contributed by atoms with Gasteiger partial charge in [-0.25, -0.2) is 8.42 Å². The van der Waals surface area contributed by atoms with Crippen LogP contribution in [0.1, 0.15) is 46.8 Å². The van der Waals surface area contributed by atoms with Crippen LogP contribution < -0.4 is 10.6 Å². The fourth-order valence-corrected chi connectivity index (χ4v) is 6.44. The Morgan fingerprint density at radius 3 is 2.56 bits per heavy atom. The summed E-state index contributed by atoms with van der Waals surface area (Å²) < 4.78 is 27.6. The van der Waals surface area contributed by atoms with Crippen molar-refractivity contribution in [2.75, 3.05) is 13.2 Å². The number of benzene rings is 2. The highest BCUT2D eigenvalue weighted by atomic mass is 32.2. The van der Waals surface area contributed by atoms with Crippen LogP contribution in [0, 0.1) is 0 Å². The lowest BCUT2D eigenvalue weighted by molar-refractivity contribution is -0.117. The van der Waals surface area contributed by atoms with Crippen molar-refractivity contribution in [2.24, 2.45) is 0 Å². The molecule has 0 radical (unpaired) electrons. The Labute approximate surface area is 199 Å². The van der Waals surface area contributed by atoms with Crippen molar-refractivity contribution >= 4 is 21.8 Å². The number of fused-ring (bicyclic) bond motifs is 1. The molecule has 1 aliphatic carbocycles. The number of carbonyl (C=O) groups excluding carboxylic acids is 2. The van der Waals surface area contributed by atoms with Gasteiger partial charge >= 0.3 is 0 Å². The number of aliphatic hydroxyl groups is 1. The van der Waals surface area contributed by atoms with Crippen LogP contribution in [0.2, 0.25) is 0 Å². The number of hydrogen-bond donors (Lipinski definition) is 3. The van der Waals surface area contributed by atoms with E-state index < -0.39 is 28.0 Å². The zero-order chi connectivity index (χ0) is 24.3. The lowest BCUT2D eigenvalue weighted by Crippen LogP contribution is -2.39. The molecule has 0 bridgehead atoms. The molecule has 8 nitrogen and oxygen atoms in total. The molecule has 2 amide bonds.